The van der Waals surface area contributed by atoms with E-state index in [1.807, 2.05) is 41.4 Å². The molecule has 2 aliphatic rings. The number of aromatic amines is 1. The molecular weight excluding hydrogens is 466 g/mol. The van der Waals surface area contributed by atoms with E-state index in [1.165, 1.54) is 0 Å². The predicted octanol–water partition coefficient (Wildman–Crippen LogP) is 3.81. The normalized spacial score (nSPS) is 17.8. The number of nitrogens with zero attached hydrogens (tertiary/aromatic N) is 3. The highest BCUT2D eigenvalue weighted by Crippen LogP contribution is 2.42. The maximum Gasteiger partial charge on any atom is 0.259 e. The Morgan fingerprint density at radius 1 is 1.14 bits per heavy atom. The van der Waals surface area contributed by atoms with Crippen molar-refractivity contribution in [2.45, 2.75) is 38.3 Å². The number of rotatable bonds is 6. The van der Waals surface area contributed by atoms with E-state index in [1.54, 1.807) is 24.5 Å². The van der Waals surface area contributed by atoms with E-state index in [2.05, 4.69) is 44.7 Å². The van der Waals surface area contributed by atoms with Gasteiger partial charge in [0.05, 0.1) is 11.6 Å². The lowest BCUT2D eigenvalue weighted by atomic mass is 9.87. The van der Waals surface area contributed by atoms with E-state index in [0.29, 0.717) is 30.2 Å². The molecule has 0 unspecified atom stereocenters. The Labute approximate surface area is 214 Å². The monoisotopic (exact) mass is 495 g/mol. The van der Waals surface area contributed by atoms with Crippen LogP contribution in [0.1, 0.15) is 41.8 Å². The summed E-state index contributed by atoms with van der Waals surface area (Å²) in [6.45, 7) is 6.27. The number of carbonyl (C=O) groups excluding carboxylic acids is 2. The lowest BCUT2D eigenvalue weighted by Gasteiger charge is -2.31. The Bertz CT molecular complexity index is 1510. The van der Waals surface area contributed by atoms with Gasteiger partial charge in [0.2, 0.25) is 5.91 Å². The first kappa shape index (κ1) is 23.2. The van der Waals surface area contributed by atoms with Crippen LogP contribution in [0.15, 0.2) is 61.1 Å². The van der Waals surface area contributed by atoms with Crippen molar-refractivity contribution in [1.29, 1.82) is 0 Å². The van der Waals surface area contributed by atoms with Crippen LogP contribution in [0.4, 0.5) is 17.2 Å². The van der Waals surface area contributed by atoms with Gasteiger partial charge in [-0.25, -0.2) is 9.97 Å². The second-order valence-electron chi connectivity index (χ2n) is 10.3. The molecule has 1 aromatic carbocycles. The van der Waals surface area contributed by atoms with E-state index in [9.17, 15) is 9.59 Å². The summed E-state index contributed by atoms with van der Waals surface area (Å²) in [7, 11) is 0. The molecule has 0 aliphatic carbocycles. The van der Waals surface area contributed by atoms with Gasteiger partial charge in [-0.3, -0.25) is 9.59 Å². The number of aromatic nitrogens is 3. The Kier molecular flexibility index (Phi) is 5.64. The lowest BCUT2D eigenvalue weighted by Crippen LogP contribution is -2.54. The van der Waals surface area contributed by atoms with Crippen molar-refractivity contribution in [2.75, 3.05) is 28.6 Å². The molecule has 9 heteroatoms. The van der Waals surface area contributed by atoms with Gasteiger partial charge >= 0.3 is 0 Å². The Morgan fingerprint density at radius 2 is 2.00 bits per heavy atom. The fourth-order valence-electron chi connectivity index (χ4n) is 5.13. The molecular formula is C28H29N7O2. The molecule has 4 aromatic rings. The molecule has 4 N–H and O–H groups in total. The van der Waals surface area contributed by atoms with Crippen molar-refractivity contribution in [2.24, 2.45) is 0 Å². The highest BCUT2D eigenvalue weighted by atomic mass is 16.2. The third-order valence-corrected chi connectivity index (χ3v) is 7.27. The zero-order chi connectivity index (χ0) is 25.6. The second-order valence-corrected chi connectivity index (χ2v) is 10.3. The average Bonchev–Trinajstić information content (AvgIpc) is 3.44. The maximum atomic E-state index is 13.3. The van der Waals surface area contributed by atoms with Crippen molar-refractivity contribution >= 4 is 40.0 Å². The number of hydrogen-bond donors (Lipinski definition) is 4. The fourth-order valence-corrected chi connectivity index (χ4v) is 5.13. The first-order valence-electron chi connectivity index (χ1n) is 12.5. The molecule has 3 aromatic heterocycles. The fraction of sp³-hybridized carbons (Fsp3) is 0.286. The van der Waals surface area contributed by atoms with Crippen molar-refractivity contribution in [1.82, 2.24) is 20.3 Å². The smallest absolute Gasteiger partial charge is 0.259 e. The van der Waals surface area contributed by atoms with Crippen LogP contribution in [0.5, 0.6) is 0 Å². The number of H-pyrrole nitrogens is 1. The molecule has 9 nitrogen and oxygen atoms in total. The molecule has 2 aliphatic heterocycles. The third-order valence-electron chi connectivity index (χ3n) is 7.27. The van der Waals surface area contributed by atoms with Crippen LogP contribution in [-0.4, -0.2) is 45.9 Å². The van der Waals surface area contributed by atoms with E-state index >= 15 is 0 Å². The summed E-state index contributed by atoms with van der Waals surface area (Å²) in [4.78, 5) is 40.1. The molecule has 0 saturated carbocycles. The van der Waals surface area contributed by atoms with Crippen LogP contribution in [0.2, 0.25) is 0 Å². The molecule has 1 fully saturated rings. The van der Waals surface area contributed by atoms with Gasteiger partial charge in [0.25, 0.3) is 5.91 Å². The van der Waals surface area contributed by atoms with Gasteiger partial charge < -0.3 is 25.8 Å². The topological polar surface area (TPSA) is 115 Å². The maximum absolute atomic E-state index is 13.3. The minimum atomic E-state index is -0.270. The number of pyridine rings is 2. The zero-order valence-electron chi connectivity index (χ0n) is 20.8. The SMILES string of the molecule is CC1(C)CN(C(=O)[C@@H]2CCN2)c2cc(NC(=O)c3cccnc3NCc3ccnc4[nH]ccc34)ccc21. The molecule has 5 heterocycles. The number of fused-ring (bicyclic) bond motifs is 2. The van der Waals surface area contributed by atoms with Crippen LogP contribution in [-0.2, 0) is 16.8 Å². The Balaban J connectivity index is 1.22. The quantitative estimate of drug-likeness (QED) is 0.323. The van der Waals surface area contributed by atoms with Crippen LogP contribution in [0, 0.1) is 0 Å². The largest absolute Gasteiger partial charge is 0.365 e. The Hall–Kier alpha value is -4.24. The number of amides is 2. The first-order valence-corrected chi connectivity index (χ1v) is 12.5. The van der Waals surface area contributed by atoms with Gasteiger partial charge in [-0.15, -0.1) is 0 Å². The van der Waals surface area contributed by atoms with Gasteiger partial charge in [0.1, 0.15) is 11.5 Å². The van der Waals surface area contributed by atoms with Gasteiger partial charge in [-0.05, 0) is 60.5 Å². The molecule has 6 rings (SSSR count). The van der Waals surface area contributed by atoms with Crippen molar-refractivity contribution in [3.05, 3.63) is 77.7 Å². The summed E-state index contributed by atoms with van der Waals surface area (Å²) in [5.74, 6) is 0.316. The molecule has 0 radical (unpaired) electrons. The summed E-state index contributed by atoms with van der Waals surface area (Å²) < 4.78 is 0. The van der Waals surface area contributed by atoms with E-state index in [4.69, 9.17) is 0 Å². The second kappa shape index (κ2) is 9.01. The minimum absolute atomic E-state index is 0.0907. The minimum Gasteiger partial charge on any atom is -0.365 e. The molecule has 2 amide bonds. The first-order chi connectivity index (χ1) is 17.9. The predicted molar refractivity (Wildman–Crippen MR) is 144 cm³/mol. The molecule has 188 valence electrons. The summed E-state index contributed by atoms with van der Waals surface area (Å²) in [5.41, 5.74) is 4.76. The number of carbonyl (C=O) groups is 2. The number of benzene rings is 1. The van der Waals surface area contributed by atoms with E-state index in [-0.39, 0.29) is 23.3 Å². The van der Waals surface area contributed by atoms with Crippen molar-refractivity contribution in [3.8, 4) is 0 Å². The zero-order valence-corrected chi connectivity index (χ0v) is 20.8. The highest BCUT2D eigenvalue weighted by molar-refractivity contribution is 6.08. The molecule has 1 saturated heterocycles. The van der Waals surface area contributed by atoms with Gasteiger partial charge in [-0.1, -0.05) is 19.9 Å². The van der Waals surface area contributed by atoms with Crippen LogP contribution < -0.4 is 20.9 Å². The van der Waals surface area contributed by atoms with Crippen LogP contribution >= 0.6 is 0 Å². The van der Waals surface area contributed by atoms with Crippen LogP contribution in [0.25, 0.3) is 11.0 Å². The number of anilines is 3. The van der Waals surface area contributed by atoms with Gasteiger partial charge in [0.15, 0.2) is 0 Å². The van der Waals surface area contributed by atoms with E-state index in [0.717, 1.165) is 40.8 Å². The summed E-state index contributed by atoms with van der Waals surface area (Å²) in [6.07, 6.45) is 6.13. The van der Waals surface area contributed by atoms with E-state index < -0.39 is 0 Å². The molecule has 0 bridgehead atoms. The van der Waals surface area contributed by atoms with Crippen molar-refractivity contribution in [3.63, 3.8) is 0 Å². The molecule has 37 heavy (non-hydrogen) atoms. The van der Waals surface area contributed by atoms with Crippen molar-refractivity contribution < 1.29 is 9.59 Å². The highest BCUT2D eigenvalue weighted by Gasteiger charge is 2.41. The number of nitrogens with one attached hydrogen (secondary N) is 4. The van der Waals surface area contributed by atoms with Gasteiger partial charge in [0, 0.05) is 53.9 Å². The Morgan fingerprint density at radius 3 is 2.81 bits per heavy atom. The van der Waals surface area contributed by atoms with Crippen LogP contribution in [0.3, 0.4) is 0 Å². The molecule has 1 atom stereocenters. The summed E-state index contributed by atoms with van der Waals surface area (Å²) in [6, 6.07) is 13.1. The average molecular weight is 496 g/mol. The lowest BCUT2D eigenvalue weighted by molar-refractivity contribution is -0.122. The van der Waals surface area contributed by atoms with Gasteiger partial charge in [-0.2, -0.15) is 0 Å². The summed E-state index contributed by atoms with van der Waals surface area (Å²) >= 11 is 0. The summed E-state index contributed by atoms with van der Waals surface area (Å²) in [5, 5.41) is 10.5. The number of hydrogen-bond acceptors (Lipinski definition) is 6. The third kappa shape index (κ3) is 4.21. The standard InChI is InChI=1S/C28H29N7O2/c1-28(2)16-35(27(37)22-9-13-29-22)23-14-18(5-6-21(23)28)34-26(36)20-4-3-10-30-25(20)33-15-17-7-11-31-24-19(17)8-12-32-24/h3-8,10-12,14,22,29H,9,13,15-16H2,1-2H3,(H,30,33)(H,31,32)(H,34,36)/t22-/m0/s1. The molecule has 0 spiro atoms.